The van der Waals surface area contributed by atoms with Gasteiger partial charge in [-0.1, -0.05) is 5.16 Å². The maximum absolute atomic E-state index is 13.9. The number of carbonyl (C=O) groups excluding carboxylic acids is 1. The van der Waals surface area contributed by atoms with E-state index in [0.717, 1.165) is 18.0 Å². The summed E-state index contributed by atoms with van der Waals surface area (Å²) in [6, 6.07) is 5.86. The Kier molecular flexibility index (Phi) is 7.02. The van der Waals surface area contributed by atoms with Crippen molar-refractivity contribution in [3.8, 4) is 40.0 Å². The van der Waals surface area contributed by atoms with Gasteiger partial charge in [0.25, 0.3) is 18.0 Å². The summed E-state index contributed by atoms with van der Waals surface area (Å²) in [6.07, 6.45) is -21.6. The van der Waals surface area contributed by atoms with E-state index >= 15 is 0 Å². The lowest BCUT2D eigenvalue weighted by Gasteiger charge is -2.22. The number of thiophene rings is 1. The van der Waals surface area contributed by atoms with E-state index in [-0.39, 0.29) is 21.1 Å². The molecule has 3 aromatic heterocycles. The first-order valence-electron chi connectivity index (χ1n) is 11.0. The lowest BCUT2D eigenvalue weighted by molar-refractivity contribution is -0.306. The molecule has 1 aliphatic rings. The number of nitriles is 2. The summed E-state index contributed by atoms with van der Waals surface area (Å²) in [6.45, 7) is 0. The molecule has 3 heterocycles. The number of aryl methyl sites for hydroxylation is 1. The average Bonchev–Trinajstić information content (AvgIpc) is 3.18. The summed E-state index contributed by atoms with van der Waals surface area (Å²) in [7, 11) is 2.17. The Bertz CT molecular complexity index is 1590. The summed E-state index contributed by atoms with van der Waals surface area (Å²) in [5.41, 5.74) is -5.04. The molecule has 3 aromatic rings. The number of alkyl halides is 9. The number of ether oxygens (including phenoxy) is 1. The predicted molar refractivity (Wildman–Crippen MR) is 118 cm³/mol. The van der Waals surface area contributed by atoms with Crippen molar-refractivity contribution in [3.05, 3.63) is 28.1 Å². The Morgan fingerprint density at radius 1 is 1.20 bits per heavy atom. The first-order valence-corrected chi connectivity index (χ1v) is 11.8. The Hall–Kier alpha value is -4.26. The normalized spacial score (nSPS) is 15.6. The Balaban J connectivity index is 1.73. The van der Waals surface area contributed by atoms with E-state index in [2.05, 4.69) is 15.0 Å². The molecule has 0 aliphatic heterocycles. The van der Waals surface area contributed by atoms with Crippen LogP contribution in [0.5, 0.6) is 5.88 Å². The first-order chi connectivity index (χ1) is 18.9. The molecular weight excluding hydrogens is 599 g/mol. The smallest absolute Gasteiger partial charge is 0.410 e. The maximum Gasteiger partial charge on any atom is 0.440 e. The molecule has 1 fully saturated rings. The van der Waals surface area contributed by atoms with Gasteiger partial charge in [-0.2, -0.15) is 45.6 Å². The topological polar surface area (TPSA) is 121 Å². The number of rotatable bonds is 7. The SMILES string of the molecule is CN(C(=O)c1cc(-c2cc(-c3c(C(F)(F)F)c(OC(F)(F)C(F)C(F)(F)F)nn3C)no2)sc1C#N)C1(C#N)CC1. The van der Waals surface area contributed by atoms with Gasteiger partial charge in [0.15, 0.2) is 5.76 Å². The quantitative estimate of drug-likeness (QED) is 0.314. The summed E-state index contributed by atoms with van der Waals surface area (Å²) in [5, 5.41) is 25.3. The average molecular weight is 612 g/mol. The van der Waals surface area contributed by atoms with Crippen LogP contribution in [0.4, 0.5) is 39.5 Å². The van der Waals surface area contributed by atoms with Crippen LogP contribution in [0.15, 0.2) is 16.7 Å². The maximum atomic E-state index is 13.9. The minimum absolute atomic E-state index is 0.0306. The summed E-state index contributed by atoms with van der Waals surface area (Å²) >= 11 is 0.696. The standard InChI is InChI=1S/C22H13F9N6O3S/c1-36(19(8-33)3-4-19)17(38)9-5-12(41-13(9)7-32)11-6-10(35-40-11)15-14(20(24,25)26)16(34-37(15)2)39-22(30,31)18(23)21(27,28)29/h5-6,18H,3-4H2,1-2H3. The number of carbonyl (C=O) groups is 1. The molecule has 1 saturated carbocycles. The fourth-order valence-corrected chi connectivity index (χ4v) is 4.66. The minimum atomic E-state index is -6.16. The highest BCUT2D eigenvalue weighted by molar-refractivity contribution is 7.16. The van der Waals surface area contributed by atoms with Crippen molar-refractivity contribution in [1.29, 1.82) is 10.5 Å². The molecule has 4 rings (SSSR count). The summed E-state index contributed by atoms with van der Waals surface area (Å²) < 4.78 is 129. The van der Waals surface area contributed by atoms with Gasteiger partial charge in [-0.15, -0.1) is 16.4 Å². The third-order valence-electron chi connectivity index (χ3n) is 6.05. The van der Waals surface area contributed by atoms with Gasteiger partial charge in [0.2, 0.25) is 0 Å². The molecule has 9 nitrogen and oxygen atoms in total. The zero-order valence-corrected chi connectivity index (χ0v) is 21.2. The van der Waals surface area contributed by atoms with Crippen LogP contribution in [0.3, 0.4) is 0 Å². The van der Waals surface area contributed by atoms with Crippen LogP contribution in [0, 0.1) is 22.7 Å². The molecule has 0 saturated heterocycles. The van der Waals surface area contributed by atoms with Crippen LogP contribution in [0.1, 0.15) is 33.6 Å². The van der Waals surface area contributed by atoms with E-state index < -0.39 is 58.9 Å². The van der Waals surface area contributed by atoms with Crippen LogP contribution in [0.2, 0.25) is 0 Å². The van der Waals surface area contributed by atoms with Crippen molar-refractivity contribution in [3.63, 3.8) is 0 Å². The van der Waals surface area contributed by atoms with E-state index in [1.54, 1.807) is 6.07 Å². The van der Waals surface area contributed by atoms with Crippen LogP contribution in [-0.4, -0.2) is 56.8 Å². The van der Waals surface area contributed by atoms with Crippen LogP contribution in [-0.2, 0) is 13.2 Å². The zero-order valence-electron chi connectivity index (χ0n) is 20.4. The Morgan fingerprint density at radius 3 is 2.34 bits per heavy atom. The van der Waals surface area contributed by atoms with Gasteiger partial charge in [-0.25, -0.2) is 4.39 Å². The Labute approximate surface area is 226 Å². The van der Waals surface area contributed by atoms with Crippen LogP contribution in [0.25, 0.3) is 22.0 Å². The van der Waals surface area contributed by atoms with E-state index in [1.807, 2.05) is 6.07 Å². The third kappa shape index (κ3) is 5.29. The number of halogens is 9. The van der Waals surface area contributed by atoms with Crippen LogP contribution < -0.4 is 4.74 Å². The van der Waals surface area contributed by atoms with Gasteiger partial charge in [-0.3, -0.25) is 9.48 Å². The van der Waals surface area contributed by atoms with Gasteiger partial charge < -0.3 is 14.2 Å². The largest absolute Gasteiger partial charge is 0.440 e. The van der Waals surface area contributed by atoms with E-state index in [9.17, 15) is 54.8 Å². The second kappa shape index (κ2) is 9.68. The van der Waals surface area contributed by atoms with Crippen molar-refractivity contribution in [2.24, 2.45) is 7.05 Å². The predicted octanol–water partition coefficient (Wildman–Crippen LogP) is 5.69. The van der Waals surface area contributed by atoms with Gasteiger partial charge in [-0.05, 0) is 18.9 Å². The fraction of sp³-hybridized carbons (Fsp3) is 0.409. The monoisotopic (exact) mass is 612 g/mol. The lowest BCUT2D eigenvalue weighted by atomic mass is 10.1. The molecule has 41 heavy (non-hydrogen) atoms. The second-order valence-electron chi connectivity index (χ2n) is 8.77. The molecule has 218 valence electrons. The van der Waals surface area contributed by atoms with Crippen molar-refractivity contribution in [2.45, 2.75) is 43.0 Å². The number of nitrogens with zero attached hydrogens (tertiary/aromatic N) is 6. The fourth-order valence-electron chi connectivity index (χ4n) is 3.76. The summed E-state index contributed by atoms with van der Waals surface area (Å²) in [5.74, 6) is -3.02. The first kappa shape index (κ1) is 29.7. The van der Waals surface area contributed by atoms with E-state index in [0.29, 0.717) is 28.9 Å². The number of hydrogen-bond donors (Lipinski definition) is 0. The highest BCUT2D eigenvalue weighted by Crippen LogP contribution is 2.46. The molecule has 0 N–H and O–H groups in total. The molecule has 0 radical (unpaired) electrons. The molecule has 1 unspecified atom stereocenters. The van der Waals surface area contributed by atoms with E-state index in [4.69, 9.17) is 4.52 Å². The second-order valence-corrected chi connectivity index (χ2v) is 9.82. The zero-order chi connectivity index (χ0) is 30.7. The van der Waals surface area contributed by atoms with Crippen LogP contribution >= 0.6 is 11.3 Å². The molecule has 0 bridgehead atoms. The molecule has 1 atom stereocenters. The van der Waals surface area contributed by atoms with Gasteiger partial charge in [0.05, 0.1) is 16.5 Å². The van der Waals surface area contributed by atoms with E-state index in [1.165, 1.54) is 13.1 Å². The minimum Gasteiger partial charge on any atom is -0.410 e. The molecular formula is C22H13F9N6O3S. The van der Waals surface area contributed by atoms with Crippen molar-refractivity contribution < 1.29 is 53.6 Å². The number of aromatic nitrogens is 3. The number of hydrogen-bond acceptors (Lipinski definition) is 8. The highest BCUT2D eigenvalue weighted by atomic mass is 32.1. The molecule has 1 aliphatic carbocycles. The third-order valence-corrected chi connectivity index (χ3v) is 7.11. The molecule has 0 spiro atoms. The highest BCUT2D eigenvalue weighted by Gasteiger charge is 2.60. The van der Waals surface area contributed by atoms with Gasteiger partial charge >= 0.3 is 18.5 Å². The summed E-state index contributed by atoms with van der Waals surface area (Å²) in [4.78, 5) is 14.0. The van der Waals surface area contributed by atoms with Crippen molar-refractivity contribution >= 4 is 17.2 Å². The Morgan fingerprint density at radius 2 is 1.83 bits per heavy atom. The van der Waals surface area contributed by atoms with Gasteiger partial charge in [0.1, 0.15) is 33.4 Å². The molecule has 1 amide bonds. The van der Waals surface area contributed by atoms with Crippen molar-refractivity contribution in [1.82, 2.24) is 19.8 Å². The van der Waals surface area contributed by atoms with Crippen molar-refractivity contribution in [2.75, 3.05) is 7.05 Å². The lowest BCUT2D eigenvalue weighted by Crippen LogP contribution is -2.46. The van der Waals surface area contributed by atoms with Gasteiger partial charge in [0, 0.05) is 20.2 Å². The molecule has 0 aromatic carbocycles. The number of amides is 1. The molecule has 19 heteroatoms.